The lowest BCUT2D eigenvalue weighted by molar-refractivity contribution is -0.0514. The molecule has 0 unspecified atom stereocenters. The Morgan fingerprint density at radius 1 is 1.31 bits per heavy atom. The largest absolute Gasteiger partial charge is 0.321 e. The van der Waals surface area contributed by atoms with E-state index in [9.17, 15) is 8.78 Å². The van der Waals surface area contributed by atoms with Crippen molar-refractivity contribution >= 4 is 0 Å². The van der Waals surface area contributed by atoms with Crippen molar-refractivity contribution in [3.63, 3.8) is 0 Å². The van der Waals surface area contributed by atoms with Crippen molar-refractivity contribution < 1.29 is 8.78 Å². The Hall–Kier alpha value is -0.970. The zero-order valence-corrected chi connectivity index (χ0v) is 9.63. The maximum atomic E-state index is 13.1. The molecule has 1 aliphatic carbocycles. The zero-order chi connectivity index (χ0) is 12.0. The number of hydrogen-bond acceptors (Lipinski definition) is 2. The van der Waals surface area contributed by atoms with Crippen molar-refractivity contribution in [3.8, 4) is 0 Å². The molecule has 0 radical (unpaired) electrons. The number of nitrogens with two attached hydrogens (primary N) is 1. The van der Waals surface area contributed by atoms with Crippen molar-refractivity contribution in [2.24, 2.45) is 12.8 Å². The molecule has 5 heteroatoms. The molecule has 1 aromatic heterocycles. The van der Waals surface area contributed by atoms with Gasteiger partial charge in [-0.05, 0) is 19.8 Å². The van der Waals surface area contributed by atoms with E-state index in [0.29, 0.717) is 12.8 Å². The second-order valence-corrected chi connectivity index (χ2v) is 4.81. The molecule has 0 amide bonds. The molecule has 0 saturated heterocycles. The maximum absolute atomic E-state index is 13.1. The first-order valence-corrected chi connectivity index (χ1v) is 5.50. The van der Waals surface area contributed by atoms with Crippen LogP contribution in [0.15, 0.2) is 6.20 Å². The zero-order valence-electron chi connectivity index (χ0n) is 9.63. The van der Waals surface area contributed by atoms with Gasteiger partial charge in [0.1, 0.15) is 0 Å². The number of alkyl halides is 2. The lowest BCUT2D eigenvalue weighted by Crippen LogP contribution is -2.43. The van der Waals surface area contributed by atoms with Crippen LogP contribution in [0.25, 0.3) is 0 Å². The summed E-state index contributed by atoms with van der Waals surface area (Å²) in [6.07, 6.45) is 2.24. The highest BCUT2D eigenvalue weighted by Gasteiger charge is 2.43. The molecule has 1 aliphatic rings. The molecule has 0 spiro atoms. The van der Waals surface area contributed by atoms with Gasteiger partial charge in [0.15, 0.2) is 0 Å². The fraction of sp³-hybridized carbons (Fsp3) is 0.727. The number of hydrogen-bond donors (Lipinski definition) is 1. The minimum Gasteiger partial charge on any atom is -0.321 e. The second kappa shape index (κ2) is 3.52. The van der Waals surface area contributed by atoms with Crippen LogP contribution in [0.5, 0.6) is 0 Å². The van der Waals surface area contributed by atoms with Gasteiger partial charge in [-0.15, -0.1) is 0 Å². The molecule has 0 atom stereocenters. The van der Waals surface area contributed by atoms with Gasteiger partial charge in [0.05, 0.1) is 5.69 Å². The van der Waals surface area contributed by atoms with Crippen LogP contribution >= 0.6 is 0 Å². The lowest BCUT2D eigenvalue weighted by Gasteiger charge is -2.36. The molecule has 90 valence electrons. The molecule has 1 heterocycles. The molecule has 2 N–H and O–H groups in total. The summed E-state index contributed by atoms with van der Waals surface area (Å²) < 4.78 is 27.9. The van der Waals surface area contributed by atoms with Gasteiger partial charge in [0.25, 0.3) is 0 Å². The Morgan fingerprint density at radius 3 is 2.31 bits per heavy atom. The molecule has 16 heavy (non-hydrogen) atoms. The first kappa shape index (κ1) is 11.5. The summed E-state index contributed by atoms with van der Waals surface area (Å²) in [6, 6.07) is 0. The smallest absolute Gasteiger partial charge is 0.248 e. The molecule has 1 saturated carbocycles. The van der Waals surface area contributed by atoms with E-state index in [1.165, 1.54) is 0 Å². The third-order valence-electron chi connectivity index (χ3n) is 3.42. The van der Waals surface area contributed by atoms with E-state index in [0.717, 1.165) is 11.3 Å². The van der Waals surface area contributed by atoms with Crippen LogP contribution in [0, 0.1) is 6.92 Å². The highest BCUT2D eigenvalue weighted by atomic mass is 19.3. The van der Waals surface area contributed by atoms with Crippen LogP contribution in [0.1, 0.15) is 36.9 Å². The van der Waals surface area contributed by atoms with Gasteiger partial charge >= 0.3 is 0 Å². The van der Waals surface area contributed by atoms with E-state index in [2.05, 4.69) is 5.10 Å². The Labute approximate surface area is 93.6 Å². The van der Waals surface area contributed by atoms with Crippen LogP contribution in [-0.4, -0.2) is 15.7 Å². The van der Waals surface area contributed by atoms with Crippen molar-refractivity contribution in [3.05, 3.63) is 17.5 Å². The second-order valence-electron chi connectivity index (χ2n) is 4.81. The van der Waals surface area contributed by atoms with Crippen LogP contribution in [-0.2, 0) is 12.6 Å². The summed E-state index contributed by atoms with van der Waals surface area (Å²) in [5.41, 5.74) is 7.35. The summed E-state index contributed by atoms with van der Waals surface area (Å²) in [5, 5.41) is 4.22. The van der Waals surface area contributed by atoms with Gasteiger partial charge in [-0.3, -0.25) is 4.68 Å². The molecule has 2 rings (SSSR count). The summed E-state index contributed by atoms with van der Waals surface area (Å²) in [5.74, 6) is -2.54. The molecule has 0 aromatic carbocycles. The average molecular weight is 229 g/mol. The molecule has 1 fully saturated rings. The maximum Gasteiger partial charge on any atom is 0.248 e. The topological polar surface area (TPSA) is 43.8 Å². The third kappa shape index (κ3) is 1.96. The monoisotopic (exact) mass is 229 g/mol. The van der Waals surface area contributed by atoms with E-state index >= 15 is 0 Å². The molecule has 1 aromatic rings. The van der Waals surface area contributed by atoms with E-state index in [1.54, 1.807) is 4.68 Å². The quantitative estimate of drug-likeness (QED) is 0.801. The van der Waals surface area contributed by atoms with Crippen molar-refractivity contribution in [1.82, 2.24) is 9.78 Å². The fourth-order valence-electron chi connectivity index (χ4n) is 2.42. The molecular formula is C11H17F2N3. The van der Waals surface area contributed by atoms with Crippen molar-refractivity contribution in [2.75, 3.05) is 0 Å². The molecular weight excluding hydrogens is 212 g/mol. The first-order chi connectivity index (χ1) is 7.32. The van der Waals surface area contributed by atoms with Crippen LogP contribution < -0.4 is 5.73 Å². The molecule has 3 nitrogen and oxygen atoms in total. The lowest BCUT2D eigenvalue weighted by atomic mass is 9.76. The summed E-state index contributed by atoms with van der Waals surface area (Å²) in [4.78, 5) is 0. The standard InChI is InChI=1S/C11H17F2N3/c1-8-9(7-16(2)15-8)10(14)3-5-11(12,13)6-4-10/h7H,3-6,14H2,1-2H3. The Kier molecular flexibility index (Phi) is 2.53. The van der Waals surface area contributed by atoms with Crippen LogP contribution in [0.3, 0.4) is 0 Å². The van der Waals surface area contributed by atoms with E-state index in [1.807, 2.05) is 20.2 Å². The average Bonchev–Trinajstić information content (AvgIpc) is 2.52. The van der Waals surface area contributed by atoms with Gasteiger partial charge in [-0.1, -0.05) is 0 Å². The van der Waals surface area contributed by atoms with E-state index in [-0.39, 0.29) is 12.8 Å². The van der Waals surface area contributed by atoms with Crippen molar-refractivity contribution in [1.29, 1.82) is 0 Å². The highest BCUT2D eigenvalue weighted by Crippen LogP contribution is 2.42. The Bertz CT molecular complexity index is 388. The highest BCUT2D eigenvalue weighted by molar-refractivity contribution is 5.26. The minimum absolute atomic E-state index is 0.127. The summed E-state index contributed by atoms with van der Waals surface area (Å²) >= 11 is 0. The Balaban J connectivity index is 2.24. The SMILES string of the molecule is Cc1nn(C)cc1C1(N)CCC(F)(F)CC1. The molecule has 0 bridgehead atoms. The Morgan fingerprint density at radius 2 is 1.88 bits per heavy atom. The number of aryl methyl sites for hydroxylation is 2. The normalized spacial score (nSPS) is 23.3. The van der Waals surface area contributed by atoms with Crippen LogP contribution in [0.4, 0.5) is 8.78 Å². The minimum atomic E-state index is -2.54. The fourth-order valence-corrected chi connectivity index (χ4v) is 2.42. The summed E-state index contributed by atoms with van der Waals surface area (Å²) in [6.45, 7) is 1.87. The van der Waals surface area contributed by atoms with Gasteiger partial charge in [0, 0.05) is 37.2 Å². The van der Waals surface area contributed by atoms with Gasteiger partial charge in [-0.2, -0.15) is 5.10 Å². The predicted molar refractivity (Wildman–Crippen MR) is 57.2 cm³/mol. The third-order valence-corrected chi connectivity index (χ3v) is 3.42. The number of aromatic nitrogens is 2. The number of rotatable bonds is 1. The first-order valence-electron chi connectivity index (χ1n) is 5.50. The van der Waals surface area contributed by atoms with E-state index in [4.69, 9.17) is 5.73 Å². The number of halogens is 2. The van der Waals surface area contributed by atoms with Gasteiger partial charge < -0.3 is 5.73 Å². The van der Waals surface area contributed by atoms with Crippen LogP contribution in [0.2, 0.25) is 0 Å². The van der Waals surface area contributed by atoms with E-state index < -0.39 is 11.5 Å². The predicted octanol–water partition coefficient (Wildman–Crippen LogP) is 2.09. The summed E-state index contributed by atoms with van der Waals surface area (Å²) in [7, 11) is 1.82. The van der Waals surface area contributed by atoms with Crippen molar-refractivity contribution in [2.45, 2.75) is 44.1 Å². The van der Waals surface area contributed by atoms with Gasteiger partial charge in [0.2, 0.25) is 5.92 Å². The number of nitrogens with zero attached hydrogens (tertiary/aromatic N) is 2. The van der Waals surface area contributed by atoms with Gasteiger partial charge in [-0.25, -0.2) is 8.78 Å². The molecule has 0 aliphatic heterocycles.